The highest BCUT2D eigenvalue weighted by Crippen LogP contribution is 2.42. The highest BCUT2D eigenvalue weighted by atomic mass is 32.2. The molecule has 2 heterocycles. The Bertz CT molecular complexity index is 1010. The molecule has 0 saturated carbocycles. The lowest BCUT2D eigenvalue weighted by Gasteiger charge is -2.19. The average Bonchev–Trinajstić information content (AvgIpc) is 3.13. The summed E-state index contributed by atoms with van der Waals surface area (Å²) in [7, 11) is 0. The number of benzene rings is 1. The molecule has 0 saturated heterocycles. The summed E-state index contributed by atoms with van der Waals surface area (Å²) in [6.45, 7) is 5.39. The molecule has 0 spiro atoms. The zero-order valence-electron chi connectivity index (χ0n) is 16.8. The normalized spacial score (nSPS) is 13.3. The molecule has 1 aliphatic carbocycles. The fraction of sp³-hybridized carbons (Fsp3) is 0.409. The molecule has 4 rings (SSSR count). The van der Waals surface area contributed by atoms with Crippen LogP contribution in [0, 0.1) is 0 Å². The van der Waals surface area contributed by atoms with Crippen LogP contribution >= 0.6 is 23.1 Å². The van der Waals surface area contributed by atoms with Gasteiger partial charge in [0, 0.05) is 23.4 Å². The molecule has 3 aromatic rings. The van der Waals surface area contributed by atoms with Crippen molar-refractivity contribution in [3.8, 4) is 5.75 Å². The van der Waals surface area contributed by atoms with Gasteiger partial charge in [-0.05, 0) is 57.2 Å². The summed E-state index contributed by atoms with van der Waals surface area (Å²) in [4.78, 5) is 26.7. The van der Waals surface area contributed by atoms with Crippen LogP contribution < -0.4 is 4.74 Å². The first-order valence-corrected chi connectivity index (χ1v) is 11.8. The second-order valence-electron chi connectivity index (χ2n) is 6.97. The second kappa shape index (κ2) is 9.13. The van der Waals surface area contributed by atoms with Crippen LogP contribution in [0.4, 0.5) is 0 Å². The number of thiophene rings is 1. The van der Waals surface area contributed by atoms with Gasteiger partial charge in [-0.3, -0.25) is 4.79 Å². The minimum absolute atomic E-state index is 0.00568. The largest absolute Gasteiger partial charge is 0.483 e. The minimum atomic E-state index is 0.00568. The van der Waals surface area contributed by atoms with Gasteiger partial charge in [0.2, 0.25) is 0 Å². The molecule has 0 fully saturated rings. The topological polar surface area (TPSA) is 55.3 Å². The molecule has 1 aromatic carbocycles. The highest BCUT2D eigenvalue weighted by Gasteiger charge is 2.21. The van der Waals surface area contributed by atoms with Gasteiger partial charge in [0.1, 0.15) is 21.9 Å². The molecule has 7 heteroatoms. The summed E-state index contributed by atoms with van der Waals surface area (Å²) in [6.07, 6.45) is 6.39. The third kappa shape index (κ3) is 4.26. The van der Waals surface area contributed by atoms with E-state index in [1.54, 1.807) is 34.3 Å². The van der Waals surface area contributed by atoms with Crippen molar-refractivity contribution in [2.75, 3.05) is 19.7 Å². The van der Waals surface area contributed by atoms with E-state index in [1.807, 2.05) is 38.1 Å². The molecule has 0 aliphatic heterocycles. The monoisotopic (exact) mass is 427 g/mol. The van der Waals surface area contributed by atoms with Gasteiger partial charge in [-0.2, -0.15) is 0 Å². The summed E-state index contributed by atoms with van der Waals surface area (Å²) < 4.78 is 5.91. The van der Waals surface area contributed by atoms with E-state index in [1.165, 1.54) is 28.7 Å². The Labute approximate surface area is 179 Å². The molecule has 0 bridgehead atoms. The van der Waals surface area contributed by atoms with E-state index in [4.69, 9.17) is 4.74 Å². The SMILES string of the molecule is CCN(CC)C(=O)COc1ccccc1Sc1ncnc2sc3c(c12)CCCC3. The van der Waals surface area contributed by atoms with Crippen molar-refractivity contribution in [3.05, 3.63) is 41.0 Å². The lowest BCUT2D eigenvalue weighted by molar-refractivity contribution is -0.133. The smallest absolute Gasteiger partial charge is 0.260 e. The van der Waals surface area contributed by atoms with Crippen molar-refractivity contribution >= 4 is 39.2 Å². The second-order valence-corrected chi connectivity index (χ2v) is 9.09. The van der Waals surface area contributed by atoms with Gasteiger partial charge in [-0.1, -0.05) is 23.9 Å². The molecule has 29 heavy (non-hydrogen) atoms. The van der Waals surface area contributed by atoms with Crippen molar-refractivity contribution in [2.45, 2.75) is 49.5 Å². The fourth-order valence-electron chi connectivity index (χ4n) is 3.70. The van der Waals surface area contributed by atoms with Crippen molar-refractivity contribution < 1.29 is 9.53 Å². The van der Waals surface area contributed by atoms with E-state index >= 15 is 0 Å². The maximum atomic E-state index is 12.3. The van der Waals surface area contributed by atoms with Crippen LogP contribution in [0.25, 0.3) is 10.2 Å². The maximum absolute atomic E-state index is 12.3. The van der Waals surface area contributed by atoms with Gasteiger partial charge in [-0.25, -0.2) is 9.97 Å². The molecular weight excluding hydrogens is 402 g/mol. The van der Waals surface area contributed by atoms with E-state index in [0.29, 0.717) is 18.8 Å². The number of likely N-dealkylation sites (N-methyl/N-ethyl adjacent to an activating group) is 1. The molecular formula is C22H25N3O2S2. The summed E-state index contributed by atoms with van der Waals surface area (Å²) in [5.74, 6) is 0.722. The molecule has 1 amide bonds. The third-order valence-corrected chi connectivity index (χ3v) is 7.50. The van der Waals surface area contributed by atoms with Crippen molar-refractivity contribution in [1.82, 2.24) is 14.9 Å². The highest BCUT2D eigenvalue weighted by molar-refractivity contribution is 7.99. The Morgan fingerprint density at radius 1 is 1.17 bits per heavy atom. The van der Waals surface area contributed by atoms with E-state index in [2.05, 4.69) is 9.97 Å². The van der Waals surface area contributed by atoms with Crippen LogP contribution in [0.1, 0.15) is 37.1 Å². The van der Waals surface area contributed by atoms with Crippen molar-refractivity contribution in [1.29, 1.82) is 0 Å². The lowest BCUT2D eigenvalue weighted by atomic mass is 9.97. The summed E-state index contributed by atoms with van der Waals surface area (Å²) in [5.41, 5.74) is 1.43. The predicted octanol–water partition coefficient (Wildman–Crippen LogP) is 4.97. The van der Waals surface area contributed by atoms with Gasteiger partial charge >= 0.3 is 0 Å². The third-order valence-electron chi connectivity index (χ3n) is 5.24. The number of rotatable bonds is 7. The number of hydrogen-bond acceptors (Lipinski definition) is 6. The number of para-hydroxylation sites is 1. The quantitative estimate of drug-likeness (QED) is 0.498. The number of aryl methyl sites for hydroxylation is 2. The fourth-order valence-corrected chi connectivity index (χ4v) is 6.00. The predicted molar refractivity (Wildman–Crippen MR) is 118 cm³/mol. The maximum Gasteiger partial charge on any atom is 0.260 e. The molecule has 0 N–H and O–H groups in total. The van der Waals surface area contributed by atoms with Crippen LogP contribution in [0.3, 0.4) is 0 Å². The number of fused-ring (bicyclic) bond motifs is 3. The van der Waals surface area contributed by atoms with Crippen LogP contribution in [-0.4, -0.2) is 40.5 Å². The number of amides is 1. The molecule has 2 aromatic heterocycles. The molecule has 5 nitrogen and oxygen atoms in total. The minimum Gasteiger partial charge on any atom is -0.483 e. The first kappa shape index (κ1) is 20.2. The Morgan fingerprint density at radius 3 is 2.79 bits per heavy atom. The Hall–Kier alpha value is -2.12. The number of carbonyl (C=O) groups excluding carboxylic acids is 1. The van der Waals surface area contributed by atoms with Crippen molar-refractivity contribution in [2.24, 2.45) is 0 Å². The van der Waals surface area contributed by atoms with E-state index < -0.39 is 0 Å². The molecule has 152 valence electrons. The zero-order chi connectivity index (χ0) is 20.2. The van der Waals surface area contributed by atoms with Crippen LogP contribution in [-0.2, 0) is 17.6 Å². The van der Waals surface area contributed by atoms with Crippen LogP contribution in [0.15, 0.2) is 40.5 Å². The van der Waals surface area contributed by atoms with E-state index in [9.17, 15) is 4.79 Å². The lowest BCUT2D eigenvalue weighted by Crippen LogP contribution is -2.34. The van der Waals surface area contributed by atoms with Gasteiger partial charge in [0.15, 0.2) is 6.61 Å². The molecule has 0 atom stereocenters. The zero-order valence-corrected chi connectivity index (χ0v) is 18.4. The van der Waals surface area contributed by atoms with Gasteiger partial charge in [-0.15, -0.1) is 11.3 Å². The number of nitrogens with zero attached hydrogens (tertiary/aromatic N) is 3. The Kier molecular flexibility index (Phi) is 6.35. The molecule has 0 radical (unpaired) electrons. The Morgan fingerprint density at radius 2 is 1.97 bits per heavy atom. The van der Waals surface area contributed by atoms with Gasteiger partial charge in [0.05, 0.1) is 4.90 Å². The first-order chi connectivity index (χ1) is 14.2. The standard InChI is InChI=1S/C22H25N3O2S2/c1-3-25(4-2)19(26)13-27-16-10-6-8-12-18(16)29-22-20-15-9-5-7-11-17(15)28-21(20)23-14-24-22/h6,8,10,12,14H,3-5,7,9,11,13H2,1-2H3. The summed E-state index contributed by atoms with van der Waals surface area (Å²) in [6, 6.07) is 7.86. The molecule has 0 unspecified atom stereocenters. The number of ether oxygens (including phenoxy) is 1. The van der Waals surface area contributed by atoms with E-state index in [-0.39, 0.29) is 12.5 Å². The first-order valence-electron chi connectivity index (χ1n) is 10.1. The Balaban J connectivity index is 1.59. The average molecular weight is 428 g/mol. The molecule has 1 aliphatic rings. The number of carbonyl (C=O) groups is 1. The van der Waals surface area contributed by atoms with Crippen LogP contribution in [0.2, 0.25) is 0 Å². The summed E-state index contributed by atoms with van der Waals surface area (Å²) in [5, 5.41) is 2.17. The van der Waals surface area contributed by atoms with Gasteiger partial charge in [0.25, 0.3) is 5.91 Å². The number of aromatic nitrogens is 2. The van der Waals surface area contributed by atoms with Gasteiger partial charge < -0.3 is 9.64 Å². The number of hydrogen-bond donors (Lipinski definition) is 0. The van der Waals surface area contributed by atoms with E-state index in [0.717, 1.165) is 27.6 Å². The van der Waals surface area contributed by atoms with Crippen molar-refractivity contribution in [3.63, 3.8) is 0 Å². The summed E-state index contributed by atoms with van der Waals surface area (Å²) >= 11 is 3.40. The van der Waals surface area contributed by atoms with Crippen LogP contribution in [0.5, 0.6) is 5.75 Å².